The number of rotatable bonds is 2. The zero-order valence-electron chi connectivity index (χ0n) is 8.44. The number of benzene rings is 1. The van der Waals surface area contributed by atoms with Gasteiger partial charge in [-0.05, 0) is 5.56 Å². The summed E-state index contributed by atoms with van der Waals surface area (Å²) in [6.45, 7) is 0.703. The Hall–Kier alpha value is -2.39. The molecule has 2 rings (SSSR count). The molecule has 76 valence electrons. The SMILES string of the molecule is N#CC(=C=NC1(c2ccccc2)CN1)C#N. The molecule has 1 saturated heterocycles. The Kier molecular flexibility index (Phi) is 2.54. The van der Waals surface area contributed by atoms with E-state index in [-0.39, 0.29) is 5.57 Å². The van der Waals surface area contributed by atoms with Gasteiger partial charge in [-0.25, -0.2) is 4.99 Å². The maximum atomic E-state index is 8.56. The summed E-state index contributed by atoms with van der Waals surface area (Å²) in [7, 11) is 0. The van der Waals surface area contributed by atoms with E-state index in [1.54, 1.807) is 12.1 Å². The van der Waals surface area contributed by atoms with E-state index in [0.717, 1.165) is 5.56 Å². The van der Waals surface area contributed by atoms with Crippen LogP contribution in [0.3, 0.4) is 0 Å². The van der Waals surface area contributed by atoms with Gasteiger partial charge in [-0.2, -0.15) is 10.5 Å². The van der Waals surface area contributed by atoms with Crippen molar-refractivity contribution >= 4 is 5.87 Å². The van der Waals surface area contributed by atoms with E-state index in [1.807, 2.05) is 30.3 Å². The lowest BCUT2D eigenvalue weighted by Crippen LogP contribution is -2.08. The van der Waals surface area contributed by atoms with Crippen LogP contribution in [0.15, 0.2) is 40.9 Å². The zero-order chi connectivity index (χ0) is 11.4. The summed E-state index contributed by atoms with van der Waals surface area (Å²) >= 11 is 0. The summed E-state index contributed by atoms with van der Waals surface area (Å²) in [4.78, 5) is 4.14. The van der Waals surface area contributed by atoms with Crippen LogP contribution >= 0.6 is 0 Å². The molecule has 0 spiro atoms. The van der Waals surface area contributed by atoms with Crippen molar-refractivity contribution in [3.8, 4) is 12.1 Å². The summed E-state index contributed by atoms with van der Waals surface area (Å²) < 4.78 is 0. The Labute approximate surface area is 93.2 Å². The first-order chi connectivity index (χ1) is 7.80. The highest BCUT2D eigenvalue weighted by Crippen LogP contribution is 2.31. The fraction of sp³-hybridized carbons (Fsp3) is 0.167. The Balaban J connectivity index is 2.34. The second-order valence-electron chi connectivity index (χ2n) is 3.40. The fourth-order valence-electron chi connectivity index (χ4n) is 1.37. The number of hydrogen-bond donors (Lipinski definition) is 1. The van der Waals surface area contributed by atoms with Crippen molar-refractivity contribution in [1.82, 2.24) is 5.32 Å². The number of nitriles is 2. The van der Waals surface area contributed by atoms with E-state index in [1.165, 1.54) is 0 Å². The highest BCUT2D eigenvalue weighted by atomic mass is 15.3. The minimum absolute atomic E-state index is 0.107. The molecular weight excluding hydrogens is 200 g/mol. The van der Waals surface area contributed by atoms with Crippen molar-refractivity contribution in [2.24, 2.45) is 4.99 Å². The second kappa shape index (κ2) is 4.00. The van der Waals surface area contributed by atoms with Gasteiger partial charge in [0.05, 0.1) is 0 Å². The maximum Gasteiger partial charge on any atom is 0.190 e. The van der Waals surface area contributed by atoms with Crippen LogP contribution < -0.4 is 5.32 Å². The molecule has 0 aromatic heterocycles. The quantitative estimate of drug-likeness (QED) is 0.448. The van der Waals surface area contributed by atoms with Crippen molar-refractivity contribution in [3.63, 3.8) is 0 Å². The van der Waals surface area contributed by atoms with Crippen LogP contribution in [0.2, 0.25) is 0 Å². The van der Waals surface area contributed by atoms with E-state index in [0.29, 0.717) is 6.54 Å². The van der Waals surface area contributed by atoms with Crippen LogP contribution in [-0.2, 0) is 5.66 Å². The molecule has 1 heterocycles. The molecule has 1 atom stereocenters. The van der Waals surface area contributed by atoms with Gasteiger partial charge in [0.25, 0.3) is 0 Å². The third-order valence-corrected chi connectivity index (χ3v) is 2.35. The number of allylic oxidation sites excluding steroid dienone is 1. The number of hydrogen-bond acceptors (Lipinski definition) is 4. The van der Waals surface area contributed by atoms with E-state index < -0.39 is 5.66 Å². The third-order valence-electron chi connectivity index (χ3n) is 2.35. The van der Waals surface area contributed by atoms with Crippen LogP contribution in [0.25, 0.3) is 0 Å². The Morgan fingerprint density at radius 2 is 1.88 bits per heavy atom. The average molecular weight is 208 g/mol. The number of aliphatic imine (C=N–C) groups is 1. The molecule has 1 aromatic rings. The number of nitrogens with one attached hydrogen (secondary N) is 1. The molecule has 1 unspecified atom stereocenters. The lowest BCUT2D eigenvalue weighted by Gasteiger charge is -2.05. The van der Waals surface area contributed by atoms with Gasteiger partial charge in [-0.1, -0.05) is 30.3 Å². The molecule has 16 heavy (non-hydrogen) atoms. The number of nitrogens with zero attached hydrogens (tertiary/aromatic N) is 3. The Morgan fingerprint density at radius 3 is 2.38 bits per heavy atom. The van der Waals surface area contributed by atoms with Gasteiger partial charge in [0.15, 0.2) is 11.2 Å². The highest BCUT2D eigenvalue weighted by molar-refractivity contribution is 5.69. The summed E-state index contributed by atoms with van der Waals surface area (Å²) in [5.74, 6) is 2.48. The second-order valence-corrected chi connectivity index (χ2v) is 3.40. The first kappa shape index (κ1) is 10.1. The van der Waals surface area contributed by atoms with Crippen LogP contribution in [-0.4, -0.2) is 12.4 Å². The summed E-state index contributed by atoms with van der Waals surface area (Å²) in [5.41, 5.74) is 0.418. The first-order valence-electron chi connectivity index (χ1n) is 4.76. The lowest BCUT2D eigenvalue weighted by molar-refractivity contribution is 0.727. The van der Waals surface area contributed by atoms with E-state index in [2.05, 4.69) is 16.2 Å². The van der Waals surface area contributed by atoms with Crippen molar-refractivity contribution in [1.29, 1.82) is 10.5 Å². The van der Waals surface area contributed by atoms with Gasteiger partial charge in [-0.15, -0.1) is 0 Å². The minimum atomic E-state index is -0.486. The third kappa shape index (κ3) is 1.85. The highest BCUT2D eigenvalue weighted by Gasteiger charge is 2.43. The van der Waals surface area contributed by atoms with E-state index in [4.69, 9.17) is 10.5 Å². The largest absolute Gasteiger partial charge is 0.283 e. The maximum absolute atomic E-state index is 8.56. The van der Waals surface area contributed by atoms with Crippen LogP contribution in [0, 0.1) is 22.7 Å². The molecular formula is C12H8N4. The smallest absolute Gasteiger partial charge is 0.190 e. The van der Waals surface area contributed by atoms with E-state index in [9.17, 15) is 0 Å². The monoisotopic (exact) mass is 208 g/mol. The molecule has 0 aliphatic carbocycles. The summed E-state index contributed by atoms with van der Waals surface area (Å²) in [5, 5.41) is 20.2. The van der Waals surface area contributed by atoms with Crippen LogP contribution in [0.5, 0.6) is 0 Å². The van der Waals surface area contributed by atoms with Gasteiger partial charge in [0.1, 0.15) is 12.1 Å². The predicted octanol–water partition coefficient (Wildman–Crippen LogP) is 1.09. The molecule has 0 radical (unpaired) electrons. The summed E-state index contributed by atoms with van der Waals surface area (Å²) in [6.07, 6.45) is 0. The first-order valence-corrected chi connectivity index (χ1v) is 4.76. The Morgan fingerprint density at radius 1 is 1.25 bits per heavy atom. The molecule has 1 aromatic carbocycles. The average Bonchev–Trinajstić information content (AvgIpc) is 3.13. The molecule has 1 aliphatic heterocycles. The van der Waals surface area contributed by atoms with Crippen molar-refractivity contribution in [3.05, 3.63) is 41.5 Å². The molecule has 4 nitrogen and oxygen atoms in total. The minimum Gasteiger partial charge on any atom is -0.283 e. The fourth-order valence-corrected chi connectivity index (χ4v) is 1.37. The summed E-state index contributed by atoms with van der Waals surface area (Å²) in [6, 6.07) is 13.1. The zero-order valence-corrected chi connectivity index (χ0v) is 8.44. The Bertz CT molecular complexity index is 519. The topological polar surface area (TPSA) is 81.9 Å². The van der Waals surface area contributed by atoms with Crippen molar-refractivity contribution in [2.75, 3.05) is 6.54 Å². The standard InChI is InChI=1S/C12H8N4/c13-6-10(7-14)8-15-12(9-16-12)11-4-2-1-3-5-11/h1-5,16H,9H2. The predicted molar refractivity (Wildman–Crippen MR) is 58.3 cm³/mol. The van der Waals surface area contributed by atoms with Gasteiger partial charge in [0.2, 0.25) is 0 Å². The van der Waals surface area contributed by atoms with Gasteiger partial charge >= 0.3 is 0 Å². The molecule has 1 fully saturated rings. The molecule has 4 heteroatoms. The van der Waals surface area contributed by atoms with Crippen molar-refractivity contribution in [2.45, 2.75) is 5.66 Å². The molecule has 0 amide bonds. The van der Waals surface area contributed by atoms with Crippen molar-refractivity contribution < 1.29 is 0 Å². The van der Waals surface area contributed by atoms with Crippen LogP contribution in [0.4, 0.5) is 0 Å². The van der Waals surface area contributed by atoms with Crippen LogP contribution in [0.1, 0.15) is 5.56 Å². The lowest BCUT2D eigenvalue weighted by atomic mass is 10.1. The molecule has 0 saturated carbocycles. The normalized spacial score (nSPS) is 21.1. The molecule has 1 N–H and O–H groups in total. The van der Waals surface area contributed by atoms with Gasteiger partial charge < -0.3 is 0 Å². The molecule has 1 aliphatic rings. The van der Waals surface area contributed by atoms with E-state index >= 15 is 0 Å². The van der Waals surface area contributed by atoms with Gasteiger partial charge in [0, 0.05) is 12.4 Å². The molecule has 0 bridgehead atoms. The van der Waals surface area contributed by atoms with Gasteiger partial charge in [-0.3, -0.25) is 5.32 Å².